The van der Waals surface area contributed by atoms with Crippen LogP contribution >= 0.6 is 0 Å². The quantitative estimate of drug-likeness (QED) is 0.0345. The third kappa shape index (κ3) is 25.2. The Balaban J connectivity index is 1.87. The third-order valence-corrected chi connectivity index (χ3v) is 13.7. The van der Waals surface area contributed by atoms with Crippen LogP contribution in [0.5, 0.6) is 0 Å². The molecular formula is C51H99NO15. The summed E-state index contributed by atoms with van der Waals surface area (Å²) < 4.78 is 22.5. The molecule has 2 saturated heterocycles. The SMILES string of the molecule is CCCCCCCCCCCCCCCCCCCCCC(O)C(=O)NC(COC1OC(CO)C(O)C(OC2OC(C(O)CO)C(O)C2O)C1O)C(O)C(O)CCCCCCCCCCCC. The maximum atomic E-state index is 13.3. The van der Waals surface area contributed by atoms with Gasteiger partial charge in [-0.15, -0.1) is 0 Å². The molecule has 2 rings (SSSR count). The Morgan fingerprint density at radius 3 is 1.40 bits per heavy atom. The van der Waals surface area contributed by atoms with Crippen LogP contribution in [0.15, 0.2) is 0 Å². The number of rotatable bonds is 43. The number of unbranched alkanes of at least 4 members (excludes halogenated alkanes) is 27. The molecule has 0 aliphatic carbocycles. The molecule has 0 bridgehead atoms. The van der Waals surface area contributed by atoms with E-state index in [1.807, 2.05) is 0 Å². The number of nitrogens with one attached hydrogen (secondary N) is 1. The van der Waals surface area contributed by atoms with Gasteiger partial charge in [-0.3, -0.25) is 4.79 Å². The van der Waals surface area contributed by atoms with E-state index in [0.29, 0.717) is 12.8 Å². The first-order chi connectivity index (χ1) is 32.4. The third-order valence-electron chi connectivity index (χ3n) is 13.7. The van der Waals surface area contributed by atoms with Crippen molar-refractivity contribution in [1.29, 1.82) is 0 Å². The summed E-state index contributed by atoms with van der Waals surface area (Å²) in [5, 5.41) is 108. The maximum Gasteiger partial charge on any atom is 0.249 e. The topological polar surface area (TPSA) is 268 Å². The molecule has 2 aliphatic rings. The van der Waals surface area contributed by atoms with Crippen LogP contribution in [0.3, 0.4) is 0 Å². The van der Waals surface area contributed by atoms with E-state index in [4.69, 9.17) is 18.9 Å². The number of ether oxygens (including phenoxy) is 4. The van der Waals surface area contributed by atoms with E-state index in [9.17, 15) is 55.9 Å². The van der Waals surface area contributed by atoms with Crippen molar-refractivity contribution in [3.05, 3.63) is 0 Å². The van der Waals surface area contributed by atoms with E-state index in [1.54, 1.807) is 0 Å². The van der Waals surface area contributed by atoms with Gasteiger partial charge >= 0.3 is 0 Å². The normalized spacial score (nSPS) is 26.7. The fraction of sp³-hybridized carbons (Fsp3) is 0.980. The minimum Gasteiger partial charge on any atom is -0.394 e. The summed E-state index contributed by atoms with van der Waals surface area (Å²) in [4.78, 5) is 13.3. The minimum atomic E-state index is -1.82. The molecule has 0 radical (unpaired) electrons. The molecule has 0 saturated carbocycles. The molecule has 2 heterocycles. The lowest BCUT2D eigenvalue weighted by Crippen LogP contribution is -2.62. The first-order valence-electron chi connectivity index (χ1n) is 27.0. The average Bonchev–Trinajstić information content (AvgIpc) is 3.61. The Morgan fingerprint density at radius 1 is 0.537 bits per heavy atom. The van der Waals surface area contributed by atoms with Gasteiger partial charge in [-0.1, -0.05) is 200 Å². The molecule has 16 heteroatoms. The Bertz CT molecular complexity index is 1180. The summed E-state index contributed by atoms with van der Waals surface area (Å²) in [6.07, 6.45) is 14.3. The van der Waals surface area contributed by atoms with Crippen LogP contribution < -0.4 is 5.32 Å². The highest BCUT2D eigenvalue weighted by atomic mass is 16.7. The standard InChI is InChI=1S/C51H99NO15/c1-3-5-7-9-11-13-15-16-17-18-19-20-21-22-23-25-27-29-31-33-39(56)49(63)52-37(42(58)38(55)32-30-28-26-24-14-12-10-8-6-4-2)36-64-50-46(62)48(43(59)41(35-54)65-50)67-51-45(61)44(60)47(66-51)40(57)34-53/h37-48,50-51,53-62H,3-36H2,1-2H3,(H,52,63). The molecule has 0 spiro atoms. The molecule has 14 atom stereocenters. The summed E-state index contributed by atoms with van der Waals surface area (Å²) in [5.74, 6) is -0.762. The first kappa shape index (κ1) is 62.0. The van der Waals surface area contributed by atoms with Gasteiger partial charge in [0.1, 0.15) is 61.0 Å². The zero-order valence-electron chi connectivity index (χ0n) is 41.6. The highest BCUT2D eigenvalue weighted by molar-refractivity contribution is 5.80. The predicted molar refractivity (Wildman–Crippen MR) is 257 cm³/mol. The number of carbonyl (C=O) groups is 1. The molecule has 67 heavy (non-hydrogen) atoms. The zero-order valence-corrected chi connectivity index (χ0v) is 41.6. The maximum absolute atomic E-state index is 13.3. The van der Waals surface area contributed by atoms with Crippen molar-refractivity contribution in [2.75, 3.05) is 19.8 Å². The van der Waals surface area contributed by atoms with E-state index in [2.05, 4.69) is 19.2 Å². The fourth-order valence-electron chi connectivity index (χ4n) is 9.24. The number of aliphatic hydroxyl groups is 10. The summed E-state index contributed by atoms with van der Waals surface area (Å²) in [6, 6.07) is -1.28. The van der Waals surface area contributed by atoms with Crippen LogP contribution in [0.2, 0.25) is 0 Å². The second kappa shape index (κ2) is 38.6. The van der Waals surface area contributed by atoms with Crippen LogP contribution in [-0.2, 0) is 23.7 Å². The Hall–Kier alpha value is -1.09. The molecule has 398 valence electrons. The Labute approximate surface area is 403 Å². The average molecular weight is 966 g/mol. The highest BCUT2D eigenvalue weighted by Gasteiger charge is 2.52. The van der Waals surface area contributed by atoms with E-state index in [0.717, 1.165) is 44.9 Å². The Kier molecular flexibility index (Phi) is 35.7. The first-order valence-corrected chi connectivity index (χ1v) is 27.0. The molecule has 2 fully saturated rings. The lowest BCUT2D eigenvalue weighted by atomic mass is 9.98. The van der Waals surface area contributed by atoms with Gasteiger partial charge in [-0.05, 0) is 12.8 Å². The number of hydrogen-bond acceptors (Lipinski definition) is 15. The molecule has 0 aromatic heterocycles. The smallest absolute Gasteiger partial charge is 0.249 e. The van der Waals surface area contributed by atoms with Crippen LogP contribution in [0.4, 0.5) is 0 Å². The summed E-state index contributed by atoms with van der Waals surface area (Å²) >= 11 is 0. The predicted octanol–water partition coefficient (Wildman–Crippen LogP) is 5.33. The largest absolute Gasteiger partial charge is 0.394 e. The fourth-order valence-corrected chi connectivity index (χ4v) is 9.24. The van der Waals surface area contributed by atoms with E-state index >= 15 is 0 Å². The van der Waals surface area contributed by atoms with E-state index in [1.165, 1.54) is 128 Å². The van der Waals surface area contributed by atoms with Gasteiger partial charge in [0.25, 0.3) is 0 Å². The van der Waals surface area contributed by atoms with Crippen molar-refractivity contribution in [2.24, 2.45) is 0 Å². The molecule has 0 aromatic carbocycles. The van der Waals surface area contributed by atoms with Gasteiger partial charge in [-0.25, -0.2) is 0 Å². The van der Waals surface area contributed by atoms with Crippen molar-refractivity contribution < 1.29 is 74.8 Å². The lowest BCUT2D eigenvalue weighted by Gasteiger charge is -2.43. The second-order valence-electron chi connectivity index (χ2n) is 19.7. The number of amides is 1. The Morgan fingerprint density at radius 2 is 0.970 bits per heavy atom. The molecule has 16 nitrogen and oxygen atoms in total. The monoisotopic (exact) mass is 966 g/mol. The van der Waals surface area contributed by atoms with Crippen molar-refractivity contribution >= 4 is 5.91 Å². The van der Waals surface area contributed by atoms with Crippen LogP contribution in [0.1, 0.15) is 213 Å². The zero-order chi connectivity index (χ0) is 49.2. The number of carbonyl (C=O) groups excluding carboxylic acids is 1. The summed E-state index contributed by atoms with van der Waals surface area (Å²) in [5.41, 5.74) is 0. The molecule has 1 amide bonds. The molecule has 11 N–H and O–H groups in total. The van der Waals surface area contributed by atoms with Crippen LogP contribution in [-0.4, -0.2) is 163 Å². The summed E-state index contributed by atoms with van der Waals surface area (Å²) in [6.45, 7) is 2.36. The van der Waals surface area contributed by atoms with Gasteiger partial charge < -0.3 is 75.3 Å². The minimum absolute atomic E-state index is 0.203. The van der Waals surface area contributed by atoms with Crippen LogP contribution in [0, 0.1) is 0 Å². The van der Waals surface area contributed by atoms with E-state index < -0.39 is 111 Å². The van der Waals surface area contributed by atoms with Crippen LogP contribution in [0.25, 0.3) is 0 Å². The lowest BCUT2D eigenvalue weighted by molar-refractivity contribution is -0.332. The van der Waals surface area contributed by atoms with Crippen molar-refractivity contribution in [3.8, 4) is 0 Å². The van der Waals surface area contributed by atoms with E-state index in [-0.39, 0.29) is 12.8 Å². The molecule has 2 aliphatic heterocycles. The van der Waals surface area contributed by atoms with Crippen molar-refractivity contribution in [2.45, 2.75) is 299 Å². The summed E-state index contributed by atoms with van der Waals surface area (Å²) in [7, 11) is 0. The second-order valence-corrected chi connectivity index (χ2v) is 19.7. The number of hydrogen-bond donors (Lipinski definition) is 11. The number of aliphatic hydroxyl groups excluding tert-OH is 10. The van der Waals surface area contributed by atoms with Crippen molar-refractivity contribution in [1.82, 2.24) is 5.32 Å². The van der Waals surface area contributed by atoms with Gasteiger partial charge in [0.2, 0.25) is 5.91 Å². The van der Waals surface area contributed by atoms with Crippen molar-refractivity contribution in [3.63, 3.8) is 0 Å². The van der Waals surface area contributed by atoms with Gasteiger partial charge in [0.15, 0.2) is 12.6 Å². The van der Waals surface area contributed by atoms with Gasteiger partial charge in [0.05, 0.1) is 32.0 Å². The molecular weight excluding hydrogens is 867 g/mol. The highest BCUT2D eigenvalue weighted by Crippen LogP contribution is 2.31. The molecule has 14 unspecified atom stereocenters. The van der Waals surface area contributed by atoms with Gasteiger partial charge in [0, 0.05) is 0 Å². The molecule has 0 aromatic rings. The van der Waals surface area contributed by atoms with Gasteiger partial charge in [-0.2, -0.15) is 0 Å².